The smallest absolute Gasteiger partial charge is 0.314 e. The van der Waals surface area contributed by atoms with Crippen molar-refractivity contribution in [2.75, 3.05) is 13.1 Å². The van der Waals surface area contributed by atoms with E-state index in [1.54, 1.807) is 0 Å². The van der Waals surface area contributed by atoms with Crippen LogP contribution in [0.15, 0.2) is 0 Å². The average molecular weight is 142 g/mol. The van der Waals surface area contributed by atoms with E-state index in [2.05, 4.69) is 10.6 Å². The molecular formula is C6H10N2O2. The molecule has 1 aliphatic heterocycles. The molecule has 2 amide bonds. The van der Waals surface area contributed by atoms with Crippen molar-refractivity contribution >= 4 is 12.3 Å². The summed E-state index contributed by atoms with van der Waals surface area (Å²) in [6.07, 6.45) is 1.40. The van der Waals surface area contributed by atoms with Gasteiger partial charge in [0.25, 0.3) is 0 Å². The van der Waals surface area contributed by atoms with Gasteiger partial charge in [0.05, 0.1) is 0 Å². The lowest BCUT2D eigenvalue weighted by Crippen LogP contribution is -2.48. The van der Waals surface area contributed by atoms with Gasteiger partial charge < -0.3 is 15.4 Å². The molecular weight excluding hydrogens is 132 g/mol. The van der Waals surface area contributed by atoms with Crippen LogP contribution in [-0.2, 0) is 4.79 Å². The van der Waals surface area contributed by atoms with Gasteiger partial charge in [-0.3, -0.25) is 0 Å². The van der Waals surface area contributed by atoms with E-state index >= 15 is 0 Å². The highest BCUT2D eigenvalue weighted by molar-refractivity contribution is 5.74. The van der Waals surface area contributed by atoms with Gasteiger partial charge in [-0.2, -0.15) is 0 Å². The summed E-state index contributed by atoms with van der Waals surface area (Å²) < 4.78 is 0. The molecule has 0 saturated carbocycles. The number of rotatable bonds is 2. The van der Waals surface area contributed by atoms with Crippen LogP contribution in [0, 0.1) is 5.92 Å². The van der Waals surface area contributed by atoms with Gasteiger partial charge >= 0.3 is 6.03 Å². The van der Waals surface area contributed by atoms with E-state index < -0.39 is 0 Å². The molecule has 10 heavy (non-hydrogen) atoms. The summed E-state index contributed by atoms with van der Waals surface area (Å²) in [5, 5.41) is 5.22. The molecule has 1 aliphatic rings. The summed E-state index contributed by atoms with van der Waals surface area (Å²) in [4.78, 5) is 20.5. The number of aldehydes is 1. The van der Waals surface area contributed by atoms with E-state index in [0.29, 0.717) is 19.5 Å². The van der Waals surface area contributed by atoms with Gasteiger partial charge in [0.15, 0.2) is 0 Å². The molecule has 0 aliphatic carbocycles. The molecule has 0 unspecified atom stereocenters. The number of amides is 2. The van der Waals surface area contributed by atoms with Gasteiger partial charge in [0.2, 0.25) is 0 Å². The molecule has 56 valence electrons. The van der Waals surface area contributed by atoms with Crippen LogP contribution < -0.4 is 10.6 Å². The Morgan fingerprint density at radius 1 is 1.50 bits per heavy atom. The monoisotopic (exact) mass is 142 g/mol. The van der Waals surface area contributed by atoms with Gasteiger partial charge in [0.1, 0.15) is 6.29 Å². The minimum atomic E-state index is -0.137. The van der Waals surface area contributed by atoms with Gasteiger partial charge in [-0.15, -0.1) is 0 Å². The molecule has 4 heteroatoms. The van der Waals surface area contributed by atoms with Crippen molar-refractivity contribution in [2.24, 2.45) is 5.92 Å². The molecule has 1 fully saturated rings. The van der Waals surface area contributed by atoms with Crippen LogP contribution in [0.2, 0.25) is 0 Å². The number of hydrogen-bond acceptors (Lipinski definition) is 2. The van der Waals surface area contributed by atoms with E-state index in [1.807, 2.05) is 0 Å². The van der Waals surface area contributed by atoms with Crippen molar-refractivity contribution in [3.63, 3.8) is 0 Å². The minimum absolute atomic E-state index is 0.137. The molecule has 0 radical (unpaired) electrons. The Hall–Kier alpha value is -1.06. The lowest BCUT2D eigenvalue weighted by Gasteiger charge is -2.21. The first-order valence-electron chi connectivity index (χ1n) is 3.28. The van der Waals surface area contributed by atoms with Gasteiger partial charge in [0, 0.05) is 25.4 Å². The topological polar surface area (TPSA) is 58.2 Å². The predicted molar refractivity (Wildman–Crippen MR) is 35.6 cm³/mol. The lowest BCUT2D eigenvalue weighted by molar-refractivity contribution is -0.108. The van der Waals surface area contributed by atoms with Crippen LogP contribution in [-0.4, -0.2) is 25.4 Å². The fraction of sp³-hybridized carbons (Fsp3) is 0.667. The number of carbonyl (C=O) groups is 2. The van der Waals surface area contributed by atoms with Gasteiger partial charge in [-0.1, -0.05) is 0 Å². The summed E-state index contributed by atoms with van der Waals surface area (Å²) in [5.41, 5.74) is 0. The Morgan fingerprint density at radius 3 is 2.60 bits per heavy atom. The second kappa shape index (κ2) is 3.20. The van der Waals surface area contributed by atoms with Crippen molar-refractivity contribution in [2.45, 2.75) is 6.42 Å². The second-order valence-electron chi connectivity index (χ2n) is 2.36. The van der Waals surface area contributed by atoms with Gasteiger partial charge in [-0.25, -0.2) is 4.79 Å². The highest BCUT2D eigenvalue weighted by Crippen LogP contribution is 2.00. The number of nitrogens with one attached hydrogen (secondary N) is 2. The first-order valence-corrected chi connectivity index (χ1v) is 3.28. The summed E-state index contributed by atoms with van der Waals surface area (Å²) in [6, 6.07) is -0.137. The maximum Gasteiger partial charge on any atom is 0.314 e. The Kier molecular flexibility index (Phi) is 2.25. The molecule has 1 rings (SSSR count). The predicted octanol–water partition coefficient (Wildman–Crippen LogP) is -0.496. The maximum atomic E-state index is 10.5. The molecule has 2 N–H and O–H groups in total. The Bertz CT molecular complexity index is 137. The van der Waals surface area contributed by atoms with Crippen LogP contribution in [0.5, 0.6) is 0 Å². The number of hydrogen-bond donors (Lipinski definition) is 2. The zero-order valence-corrected chi connectivity index (χ0v) is 5.59. The maximum absolute atomic E-state index is 10.5. The number of carbonyl (C=O) groups excluding carboxylic acids is 2. The van der Waals surface area contributed by atoms with Gasteiger partial charge in [-0.05, 0) is 0 Å². The molecule has 4 nitrogen and oxygen atoms in total. The zero-order chi connectivity index (χ0) is 7.40. The molecule has 1 saturated heterocycles. The van der Waals surface area contributed by atoms with E-state index in [9.17, 15) is 9.59 Å². The zero-order valence-electron chi connectivity index (χ0n) is 5.59. The molecule has 1 heterocycles. The fourth-order valence-corrected chi connectivity index (χ4v) is 0.911. The summed E-state index contributed by atoms with van der Waals surface area (Å²) in [6.45, 7) is 1.23. The van der Waals surface area contributed by atoms with Crippen molar-refractivity contribution < 1.29 is 9.59 Å². The van der Waals surface area contributed by atoms with E-state index in [1.165, 1.54) is 0 Å². The molecule has 0 spiro atoms. The van der Waals surface area contributed by atoms with Crippen LogP contribution in [0.3, 0.4) is 0 Å². The SMILES string of the molecule is O=CCC1CNC(=O)NC1. The quantitative estimate of drug-likeness (QED) is 0.511. The molecule has 0 aromatic heterocycles. The van der Waals surface area contributed by atoms with Crippen LogP contribution in [0.4, 0.5) is 4.79 Å². The molecule has 0 aromatic carbocycles. The van der Waals surface area contributed by atoms with Crippen molar-refractivity contribution in [3.8, 4) is 0 Å². The fourth-order valence-electron chi connectivity index (χ4n) is 0.911. The van der Waals surface area contributed by atoms with Crippen LogP contribution in [0.1, 0.15) is 6.42 Å². The summed E-state index contributed by atoms with van der Waals surface area (Å²) >= 11 is 0. The van der Waals surface area contributed by atoms with E-state index in [4.69, 9.17) is 0 Å². The third-order valence-corrected chi connectivity index (χ3v) is 1.53. The minimum Gasteiger partial charge on any atom is -0.338 e. The van der Waals surface area contributed by atoms with Crippen molar-refractivity contribution in [1.29, 1.82) is 0 Å². The normalized spacial score (nSPS) is 19.4. The molecule has 0 bridgehead atoms. The molecule has 0 aromatic rings. The molecule has 0 atom stereocenters. The standard InChI is InChI=1S/C6H10N2O2/c9-2-1-5-3-7-6(10)8-4-5/h2,5H,1,3-4H2,(H2,7,8,10). The Labute approximate surface area is 59.0 Å². The Balaban J connectivity index is 2.25. The highest BCUT2D eigenvalue weighted by atomic mass is 16.2. The Morgan fingerprint density at radius 2 is 2.10 bits per heavy atom. The third kappa shape index (κ3) is 1.72. The highest BCUT2D eigenvalue weighted by Gasteiger charge is 2.15. The largest absolute Gasteiger partial charge is 0.338 e. The average Bonchev–Trinajstić information content (AvgIpc) is 1.95. The second-order valence-corrected chi connectivity index (χ2v) is 2.36. The van der Waals surface area contributed by atoms with Crippen LogP contribution >= 0.6 is 0 Å². The number of urea groups is 1. The van der Waals surface area contributed by atoms with Crippen molar-refractivity contribution in [1.82, 2.24) is 10.6 Å². The van der Waals surface area contributed by atoms with Crippen LogP contribution in [0.25, 0.3) is 0 Å². The van der Waals surface area contributed by atoms with E-state index in [-0.39, 0.29) is 11.9 Å². The lowest BCUT2D eigenvalue weighted by atomic mass is 10.1. The summed E-state index contributed by atoms with van der Waals surface area (Å²) in [5.74, 6) is 0.273. The van der Waals surface area contributed by atoms with Crippen molar-refractivity contribution in [3.05, 3.63) is 0 Å². The third-order valence-electron chi connectivity index (χ3n) is 1.53. The van der Waals surface area contributed by atoms with E-state index in [0.717, 1.165) is 6.29 Å². The first-order chi connectivity index (χ1) is 4.83. The first kappa shape index (κ1) is 7.05. The summed E-state index contributed by atoms with van der Waals surface area (Å²) in [7, 11) is 0.